The summed E-state index contributed by atoms with van der Waals surface area (Å²) in [6.45, 7) is 4.58. The zero-order valence-electron chi connectivity index (χ0n) is 10.6. The fraction of sp³-hybridized carbons (Fsp3) is 0.538. The maximum absolute atomic E-state index is 5.97. The van der Waals surface area contributed by atoms with Crippen LogP contribution in [0.15, 0.2) is 18.2 Å². The fourth-order valence-electron chi connectivity index (χ4n) is 1.54. The molecule has 0 spiro atoms. The van der Waals surface area contributed by atoms with Crippen LogP contribution >= 0.6 is 34.2 Å². The van der Waals surface area contributed by atoms with Crippen LogP contribution in [0.25, 0.3) is 0 Å². The third-order valence-electron chi connectivity index (χ3n) is 2.51. The van der Waals surface area contributed by atoms with E-state index in [4.69, 9.17) is 16.3 Å². The Labute approximate surface area is 128 Å². The summed E-state index contributed by atoms with van der Waals surface area (Å²) in [6.07, 6.45) is 1.11. The van der Waals surface area contributed by atoms with Crippen molar-refractivity contribution in [1.82, 2.24) is 10.6 Å². The van der Waals surface area contributed by atoms with Gasteiger partial charge in [0.05, 0.1) is 6.61 Å². The molecule has 5 heteroatoms. The van der Waals surface area contributed by atoms with E-state index < -0.39 is 0 Å². The Morgan fingerprint density at radius 2 is 2.00 bits per heavy atom. The van der Waals surface area contributed by atoms with Gasteiger partial charge >= 0.3 is 0 Å². The van der Waals surface area contributed by atoms with Gasteiger partial charge in [-0.05, 0) is 65.9 Å². The van der Waals surface area contributed by atoms with Gasteiger partial charge < -0.3 is 15.4 Å². The molecule has 3 nitrogen and oxygen atoms in total. The van der Waals surface area contributed by atoms with Crippen molar-refractivity contribution in [2.75, 3.05) is 33.4 Å². The van der Waals surface area contributed by atoms with Crippen LogP contribution in [0.1, 0.15) is 12.0 Å². The molecule has 2 N–H and O–H groups in total. The fourth-order valence-corrected chi connectivity index (χ4v) is 2.26. The highest BCUT2D eigenvalue weighted by Gasteiger charge is 2.00. The molecule has 0 saturated heterocycles. The van der Waals surface area contributed by atoms with Crippen LogP contribution in [0.2, 0.25) is 5.02 Å². The minimum atomic E-state index is 0.772. The minimum Gasteiger partial charge on any atom is -0.383 e. The largest absolute Gasteiger partial charge is 0.383 e. The van der Waals surface area contributed by atoms with Crippen molar-refractivity contribution in [3.8, 4) is 0 Å². The van der Waals surface area contributed by atoms with Crippen molar-refractivity contribution >= 4 is 34.2 Å². The molecular weight excluding hydrogens is 363 g/mol. The third-order valence-corrected chi connectivity index (χ3v) is 3.80. The maximum Gasteiger partial charge on any atom is 0.0587 e. The van der Waals surface area contributed by atoms with E-state index in [1.54, 1.807) is 7.11 Å². The highest BCUT2D eigenvalue weighted by atomic mass is 127. The first-order valence-electron chi connectivity index (χ1n) is 6.08. The second-order valence-electron chi connectivity index (χ2n) is 4.01. The molecule has 0 radical (unpaired) electrons. The number of ether oxygens (including phenoxy) is 1. The van der Waals surface area contributed by atoms with Crippen LogP contribution < -0.4 is 10.6 Å². The van der Waals surface area contributed by atoms with E-state index in [-0.39, 0.29) is 0 Å². The first-order valence-corrected chi connectivity index (χ1v) is 7.54. The van der Waals surface area contributed by atoms with Crippen LogP contribution in [0.4, 0.5) is 0 Å². The summed E-state index contributed by atoms with van der Waals surface area (Å²) in [7, 11) is 1.72. The Hall–Kier alpha value is 0.120. The molecule has 1 aromatic carbocycles. The van der Waals surface area contributed by atoms with Gasteiger partial charge in [0.2, 0.25) is 0 Å². The molecule has 0 saturated carbocycles. The second kappa shape index (κ2) is 9.97. The highest BCUT2D eigenvalue weighted by Crippen LogP contribution is 2.17. The summed E-state index contributed by atoms with van der Waals surface area (Å²) >= 11 is 8.31. The number of rotatable bonds is 9. The number of nitrogens with one attached hydrogen (secondary N) is 2. The minimum absolute atomic E-state index is 0.772. The van der Waals surface area contributed by atoms with Crippen molar-refractivity contribution < 1.29 is 4.74 Å². The van der Waals surface area contributed by atoms with Crippen molar-refractivity contribution in [2.45, 2.75) is 13.0 Å². The first kappa shape index (κ1) is 16.2. The molecule has 0 bridgehead atoms. The average Bonchev–Trinajstić information content (AvgIpc) is 2.36. The summed E-state index contributed by atoms with van der Waals surface area (Å²) < 4.78 is 6.21. The van der Waals surface area contributed by atoms with Gasteiger partial charge in [-0.1, -0.05) is 11.6 Å². The number of hydrogen-bond acceptors (Lipinski definition) is 3. The average molecular weight is 383 g/mol. The zero-order valence-corrected chi connectivity index (χ0v) is 13.6. The van der Waals surface area contributed by atoms with Gasteiger partial charge in [0.25, 0.3) is 0 Å². The lowest BCUT2D eigenvalue weighted by Crippen LogP contribution is -2.24. The van der Waals surface area contributed by atoms with E-state index in [1.807, 2.05) is 18.2 Å². The molecule has 0 aliphatic carbocycles. The summed E-state index contributed by atoms with van der Waals surface area (Å²) in [5.74, 6) is 0. The van der Waals surface area contributed by atoms with Crippen LogP contribution in [0, 0.1) is 3.57 Å². The molecule has 0 aromatic heterocycles. The molecule has 0 aliphatic heterocycles. The predicted molar refractivity (Wildman–Crippen MR) is 85.2 cm³/mol. The van der Waals surface area contributed by atoms with Gasteiger partial charge in [0, 0.05) is 28.8 Å². The standard InChI is InChI=1S/C13H20ClIN2O/c1-18-8-7-16-5-2-6-17-10-11-9-12(14)3-4-13(11)15/h3-4,9,16-17H,2,5-8,10H2,1H3. The van der Waals surface area contributed by atoms with Crippen LogP contribution in [-0.4, -0.2) is 33.4 Å². The van der Waals surface area contributed by atoms with Gasteiger partial charge in [-0.15, -0.1) is 0 Å². The lowest BCUT2D eigenvalue weighted by Gasteiger charge is -2.08. The van der Waals surface area contributed by atoms with E-state index in [9.17, 15) is 0 Å². The van der Waals surface area contributed by atoms with Crippen molar-refractivity contribution in [3.05, 3.63) is 32.4 Å². The monoisotopic (exact) mass is 382 g/mol. The molecule has 0 heterocycles. The van der Waals surface area contributed by atoms with Crippen LogP contribution in [0.3, 0.4) is 0 Å². The van der Waals surface area contributed by atoms with Crippen molar-refractivity contribution in [3.63, 3.8) is 0 Å². The molecule has 0 amide bonds. The van der Waals surface area contributed by atoms with Gasteiger partial charge in [0.15, 0.2) is 0 Å². The Morgan fingerprint density at radius 3 is 2.78 bits per heavy atom. The highest BCUT2D eigenvalue weighted by molar-refractivity contribution is 14.1. The topological polar surface area (TPSA) is 33.3 Å². The Morgan fingerprint density at radius 1 is 1.22 bits per heavy atom. The van der Waals surface area contributed by atoms with Gasteiger partial charge in [-0.3, -0.25) is 0 Å². The first-order chi connectivity index (χ1) is 8.74. The Bertz CT molecular complexity index is 350. The van der Waals surface area contributed by atoms with Crippen LogP contribution in [-0.2, 0) is 11.3 Å². The molecule has 0 atom stereocenters. The summed E-state index contributed by atoms with van der Waals surface area (Å²) in [5, 5.41) is 7.54. The van der Waals surface area contributed by atoms with E-state index in [1.165, 1.54) is 9.13 Å². The van der Waals surface area contributed by atoms with E-state index in [2.05, 4.69) is 33.2 Å². The van der Waals surface area contributed by atoms with Crippen LogP contribution in [0.5, 0.6) is 0 Å². The lowest BCUT2D eigenvalue weighted by atomic mass is 10.2. The molecule has 0 aliphatic rings. The van der Waals surface area contributed by atoms with E-state index >= 15 is 0 Å². The van der Waals surface area contributed by atoms with Crippen molar-refractivity contribution in [2.24, 2.45) is 0 Å². The summed E-state index contributed by atoms with van der Waals surface area (Å²) in [6, 6.07) is 5.99. The number of hydrogen-bond donors (Lipinski definition) is 2. The molecule has 0 fully saturated rings. The van der Waals surface area contributed by atoms with Gasteiger partial charge in [0.1, 0.15) is 0 Å². The normalized spacial score (nSPS) is 10.8. The lowest BCUT2D eigenvalue weighted by molar-refractivity contribution is 0.199. The molecular formula is C13H20ClIN2O. The molecule has 18 heavy (non-hydrogen) atoms. The number of methoxy groups -OCH3 is 1. The number of benzene rings is 1. The Kier molecular flexibility index (Phi) is 8.96. The molecule has 102 valence electrons. The SMILES string of the molecule is COCCNCCCNCc1cc(Cl)ccc1I. The smallest absolute Gasteiger partial charge is 0.0587 e. The van der Waals surface area contributed by atoms with E-state index in [0.717, 1.165) is 44.2 Å². The quantitative estimate of drug-likeness (QED) is 0.509. The molecule has 1 rings (SSSR count). The number of halogens is 2. The summed E-state index contributed by atoms with van der Waals surface area (Å²) in [5.41, 5.74) is 1.26. The third kappa shape index (κ3) is 6.89. The molecule has 0 unspecified atom stereocenters. The van der Waals surface area contributed by atoms with E-state index in [0.29, 0.717) is 0 Å². The van der Waals surface area contributed by atoms with Gasteiger partial charge in [-0.2, -0.15) is 0 Å². The summed E-state index contributed by atoms with van der Waals surface area (Å²) in [4.78, 5) is 0. The predicted octanol–water partition coefficient (Wildman–Crippen LogP) is 2.66. The Balaban J connectivity index is 2.09. The van der Waals surface area contributed by atoms with Gasteiger partial charge in [-0.25, -0.2) is 0 Å². The molecule has 1 aromatic rings. The zero-order chi connectivity index (χ0) is 13.2. The maximum atomic E-state index is 5.97. The van der Waals surface area contributed by atoms with Crippen molar-refractivity contribution in [1.29, 1.82) is 0 Å². The second-order valence-corrected chi connectivity index (χ2v) is 5.61.